The summed E-state index contributed by atoms with van der Waals surface area (Å²) >= 11 is 0. The second-order valence-electron chi connectivity index (χ2n) is 8.48. The van der Waals surface area contributed by atoms with Crippen LogP contribution in [0.2, 0.25) is 0 Å². The lowest BCUT2D eigenvalue weighted by Gasteiger charge is -2.46. The Balaban J connectivity index is 1.50. The number of ether oxygens (including phenoxy) is 4. The van der Waals surface area contributed by atoms with E-state index in [2.05, 4.69) is 36.1 Å². The molecule has 3 heterocycles. The molecule has 0 bridgehead atoms. The van der Waals surface area contributed by atoms with Gasteiger partial charge in [-0.1, -0.05) is 18.2 Å². The van der Waals surface area contributed by atoms with E-state index in [1.807, 2.05) is 6.07 Å². The molecule has 1 saturated heterocycles. The van der Waals surface area contributed by atoms with Crippen LogP contribution in [0.4, 0.5) is 0 Å². The van der Waals surface area contributed by atoms with E-state index in [1.165, 1.54) is 29.5 Å². The van der Waals surface area contributed by atoms with Gasteiger partial charge in [0.25, 0.3) is 0 Å². The van der Waals surface area contributed by atoms with Crippen molar-refractivity contribution in [3.8, 4) is 23.0 Å². The van der Waals surface area contributed by atoms with Gasteiger partial charge in [0.05, 0.1) is 0 Å². The van der Waals surface area contributed by atoms with Gasteiger partial charge in [0, 0.05) is 16.7 Å². The Morgan fingerprint density at radius 1 is 0.893 bits per heavy atom. The first kappa shape index (κ1) is 16.5. The minimum Gasteiger partial charge on any atom is -0.454 e. The van der Waals surface area contributed by atoms with Gasteiger partial charge in [0.1, 0.15) is 0 Å². The van der Waals surface area contributed by atoms with Crippen molar-refractivity contribution in [3.05, 3.63) is 47.0 Å². The molecule has 6 rings (SSSR count). The lowest BCUT2D eigenvalue weighted by molar-refractivity contribution is 0.103. The fourth-order valence-electron chi connectivity index (χ4n) is 5.65. The van der Waals surface area contributed by atoms with Crippen LogP contribution in [0.1, 0.15) is 48.8 Å². The largest absolute Gasteiger partial charge is 0.454 e. The van der Waals surface area contributed by atoms with Crippen molar-refractivity contribution in [1.82, 2.24) is 4.90 Å². The Bertz CT molecular complexity index is 936. The molecule has 5 nitrogen and oxygen atoms in total. The molecule has 2 aromatic rings. The van der Waals surface area contributed by atoms with Crippen LogP contribution in [0.15, 0.2) is 30.3 Å². The predicted octanol–water partition coefficient (Wildman–Crippen LogP) is 4.19. The van der Waals surface area contributed by atoms with E-state index >= 15 is 0 Å². The third-order valence-electron chi connectivity index (χ3n) is 6.99. The highest BCUT2D eigenvalue weighted by Crippen LogP contribution is 2.54. The molecule has 1 aliphatic carbocycles. The highest BCUT2D eigenvalue weighted by Gasteiger charge is 2.45. The van der Waals surface area contributed by atoms with Crippen molar-refractivity contribution in [2.24, 2.45) is 0 Å². The standard InChI is InChI=1S/C23H25NO4/c1-23(24-9-2-3-10-24)12-15(16-5-4-6-19-21(16)27-13-25-19)11-17-18(23)7-8-20-22(17)28-14-26-20/h4-8,15H,2-3,9-14H2,1H3. The van der Waals surface area contributed by atoms with Gasteiger partial charge >= 0.3 is 0 Å². The number of hydrogen-bond donors (Lipinski definition) is 0. The van der Waals surface area contributed by atoms with Crippen molar-refractivity contribution in [1.29, 1.82) is 0 Å². The van der Waals surface area contributed by atoms with Crippen LogP contribution in [0, 0.1) is 0 Å². The van der Waals surface area contributed by atoms with Gasteiger partial charge < -0.3 is 18.9 Å². The monoisotopic (exact) mass is 379 g/mol. The molecular formula is C23H25NO4. The predicted molar refractivity (Wildman–Crippen MR) is 104 cm³/mol. The first-order chi connectivity index (χ1) is 13.7. The summed E-state index contributed by atoms with van der Waals surface area (Å²) in [6, 6.07) is 10.6. The van der Waals surface area contributed by atoms with E-state index in [4.69, 9.17) is 18.9 Å². The SMILES string of the molecule is CC1(N2CCCC2)CC(c2cccc3c2OCO3)Cc2c1ccc1c2OCO1. The second kappa shape index (κ2) is 6.05. The van der Waals surface area contributed by atoms with Crippen LogP contribution in [0.5, 0.6) is 23.0 Å². The van der Waals surface area contributed by atoms with Crippen molar-refractivity contribution in [3.63, 3.8) is 0 Å². The topological polar surface area (TPSA) is 40.2 Å². The molecule has 3 aliphatic heterocycles. The maximum absolute atomic E-state index is 5.93. The summed E-state index contributed by atoms with van der Waals surface area (Å²) in [6.07, 6.45) is 4.56. The molecule has 2 unspecified atom stereocenters. The summed E-state index contributed by atoms with van der Waals surface area (Å²) < 4.78 is 23.1. The number of likely N-dealkylation sites (tertiary alicyclic amines) is 1. The van der Waals surface area contributed by atoms with Gasteiger partial charge in [-0.05, 0) is 69.3 Å². The number of fused-ring (bicyclic) bond motifs is 4. The Morgan fingerprint density at radius 2 is 1.64 bits per heavy atom. The minimum absolute atomic E-state index is 0.0160. The molecule has 146 valence electrons. The molecule has 0 saturated carbocycles. The maximum Gasteiger partial charge on any atom is 0.231 e. The van der Waals surface area contributed by atoms with Gasteiger partial charge in [0.2, 0.25) is 13.6 Å². The number of benzene rings is 2. The molecule has 4 aliphatic rings. The zero-order chi connectivity index (χ0) is 18.7. The summed E-state index contributed by atoms with van der Waals surface area (Å²) in [5.41, 5.74) is 3.94. The zero-order valence-electron chi connectivity index (χ0n) is 16.2. The van der Waals surface area contributed by atoms with Crippen LogP contribution in [0.3, 0.4) is 0 Å². The van der Waals surface area contributed by atoms with Crippen molar-refractivity contribution >= 4 is 0 Å². The summed E-state index contributed by atoms with van der Waals surface area (Å²) in [6.45, 7) is 5.35. The average Bonchev–Trinajstić information content (AvgIpc) is 3.48. The van der Waals surface area contributed by atoms with Crippen LogP contribution >= 0.6 is 0 Å². The van der Waals surface area contributed by atoms with Crippen molar-refractivity contribution < 1.29 is 18.9 Å². The van der Waals surface area contributed by atoms with Crippen LogP contribution in [-0.4, -0.2) is 31.6 Å². The lowest BCUT2D eigenvalue weighted by Crippen LogP contribution is -2.46. The lowest BCUT2D eigenvalue weighted by atomic mass is 9.69. The third-order valence-corrected chi connectivity index (χ3v) is 6.99. The number of para-hydroxylation sites is 1. The summed E-state index contributed by atoms with van der Waals surface area (Å²) in [5.74, 6) is 3.96. The molecule has 0 radical (unpaired) electrons. The Morgan fingerprint density at radius 3 is 2.46 bits per heavy atom. The van der Waals surface area contributed by atoms with Crippen LogP contribution < -0.4 is 18.9 Å². The Labute approximate surface area is 165 Å². The first-order valence-corrected chi connectivity index (χ1v) is 10.3. The van der Waals surface area contributed by atoms with E-state index in [0.717, 1.165) is 48.9 Å². The second-order valence-corrected chi connectivity index (χ2v) is 8.48. The highest BCUT2D eigenvalue weighted by atomic mass is 16.7. The number of rotatable bonds is 2. The third kappa shape index (κ3) is 2.29. The van der Waals surface area contributed by atoms with E-state index in [-0.39, 0.29) is 5.54 Å². The summed E-state index contributed by atoms with van der Waals surface area (Å²) in [4.78, 5) is 2.67. The normalized spacial score (nSPS) is 27.8. The fourth-order valence-corrected chi connectivity index (χ4v) is 5.65. The van der Waals surface area contributed by atoms with Gasteiger partial charge in [-0.15, -0.1) is 0 Å². The van der Waals surface area contributed by atoms with Crippen molar-refractivity contribution in [2.75, 3.05) is 26.7 Å². The summed E-state index contributed by atoms with van der Waals surface area (Å²) in [5, 5.41) is 0. The van der Waals surface area contributed by atoms with Crippen LogP contribution in [0.25, 0.3) is 0 Å². The average molecular weight is 379 g/mol. The molecule has 1 fully saturated rings. The molecular weight excluding hydrogens is 354 g/mol. The first-order valence-electron chi connectivity index (χ1n) is 10.3. The minimum atomic E-state index is -0.0160. The molecule has 2 aromatic carbocycles. The quantitative estimate of drug-likeness (QED) is 0.783. The number of nitrogens with zero attached hydrogens (tertiary/aromatic N) is 1. The zero-order valence-corrected chi connectivity index (χ0v) is 16.2. The van der Waals surface area contributed by atoms with Gasteiger partial charge in [-0.25, -0.2) is 0 Å². The molecule has 0 spiro atoms. The van der Waals surface area contributed by atoms with E-state index in [0.29, 0.717) is 19.5 Å². The van der Waals surface area contributed by atoms with E-state index < -0.39 is 0 Å². The molecule has 28 heavy (non-hydrogen) atoms. The maximum atomic E-state index is 5.93. The molecule has 2 atom stereocenters. The fraction of sp³-hybridized carbons (Fsp3) is 0.478. The van der Waals surface area contributed by atoms with Crippen LogP contribution in [-0.2, 0) is 12.0 Å². The molecule has 0 amide bonds. The van der Waals surface area contributed by atoms with Gasteiger partial charge in [-0.2, -0.15) is 0 Å². The van der Waals surface area contributed by atoms with E-state index in [9.17, 15) is 0 Å². The molecule has 0 N–H and O–H groups in total. The number of hydrogen-bond acceptors (Lipinski definition) is 5. The van der Waals surface area contributed by atoms with Gasteiger partial charge in [0.15, 0.2) is 23.0 Å². The Kier molecular flexibility index (Phi) is 3.57. The highest BCUT2D eigenvalue weighted by molar-refractivity contribution is 5.58. The van der Waals surface area contributed by atoms with Gasteiger partial charge in [-0.3, -0.25) is 4.90 Å². The van der Waals surface area contributed by atoms with E-state index in [1.54, 1.807) is 0 Å². The molecule has 5 heteroatoms. The van der Waals surface area contributed by atoms with Crippen molar-refractivity contribution in [2.45, 2.75) is 44.1 Å². The smallest absolute Gasteiger partial charge is 0.231 e. The molecule has 0 aromatic heterocycles. The Hall–Kier alpha value is -2.40. The summed E-state index contributed by atoms with van der Waals surface area (Å²) in [7, 11) is 0.